The van der Waals surface area contributed by atoms with Crippen LogP contribution in [0.1, 0.15) is 6.42 Å². The Kier molecular flexibility index (Phi) is 4.78. The van der Waals surface area contributed by atoms with E-state index in [4.69, 9.17) is 14.5 Å². The molecule has 1 aromatic carbocycles. The van der Waals surface area contributed by atoms with E-state index in [-0.39, 0.29) is 6.61 Å². The van der Waals surface area contributed by atoms with Gasteiger partial charge in [0, 0.05) is 6.42 Å². The van der Waals surface area contributed by atoms with E-state index >= 15 is 0 Å². The van der Waals surface area contributed by atoms with E-state index in [2.05, 4.69) is 4.52 Å². The average Bonchev–Trinajstić information content (AvgIpc) is 2.17. The van der Waals surface area contributed by atoms with Gasteiger partial charge in [-0.1, -0.05) is 18.2 Å². The molecule has 1 aromatic rings. The molecule has 0 aromatic heterocycles. The predicted octanol–water partition coefficient (Wildman–Crippen LogP) is 1.56. The molecule has 0 amide bonds. The van der Waals surface area contributed by atoms with Gasteiger partial charge in [0.15, 0.2) is 0 Å². The monoisotopic (exact) mass is 232 g/mol. The van der Waals surface area contributed by atoms with Gasteiger partial charge in [0.25, 0.3) is 0 Å². The van der Waals surface area contributed by atoms with E-state index in [1.165, 1.54) is 0 Å². The molecule has 2 N–H and O–H groups in total. The van der Waals surface area contributed by atoms with Gasteiger partial charge in [0.2, 0.25) is 0 Å². The Morgan fingerprint density at radius 3 is 2.40 bits per heavy atom. The quantitative estimate of drug-likeness (QED) is 0.575. The van der Waals surface area contributed by atoms with Crippen molar-refractivity contribution >= 4 is 7.82 Å². The Labute approximate surface area is 87.9 Å². The lowest BCUT2D eigenvalue weighted by Crippen LogP contribution is -2.01. The van der Waals surface area contributed by atoms with Gasteiger partial charge >= 0.3 is 7.82 Å². The molecule has 0 spiro atoms. The number of benzene rings is 1. The molecule has 0 bridgehead atoms. The molecular weight excluding hydrogens is 219 g/mol. The van der Waals surface area contributed by atoms with Gasteiger partial charge < -0.3 is 14.5 Å². The standard InChI is InChI=1S/C9H13O5P/c10-15(11,12)14-8-4-7-13-9-5-2-1-3-6-9/h1-3,5-6H,4,7-8H2,(H2,10,11,12). The molecule has 15 heavy (non-hydrogen) atoms. The Morgan fingerprint density at radius 1 is 1.13 bits per heavy atom. The molecule has 84 valence electrons. The highest BCUT2D eigenvalue weighted by atomic mass is 31.2. The second-order valence-corrected chi connectivity index (χ2v) is 4.08. The number of phosphoric ester groups is 1. The van der Waals surface area contributed by atoms with Crippen LogP contribution in [0, 0.1) is 0 Å². The van der Waals surface area contributed by atoms with Crippen LogP contribution in [0.4, 0.5) is 0 Å². The highest BCUT2D eigenvalue weighted by Crippen LogP contribution is 2.35. The maximum absolute atomic E-state index is 10.3. The molecule has 5 nitrogen and oxygen atoms in total. The van der Waals surface area contributed by atoms with Crippen LogP contribution >= 0.6 is 7.82 Å². The fraction of sp³-hybridized carbons (Fsp3) is 0.333. The minimum Gasteiger partial charge on any atom is -0.494 e. The first-order valence-corrected chi connectivity index (χ1v) is 5.99. The number of rotatable bonds is 6. The lowest BCUT2D eigenvalue weighted by molar-refractivity contribution is 0.180. The Hall–Kier alpha value is -0.870. The first kappa shape index (κ1) is 12.2. The van der Waals surface area contributed by atoms with Crippen molar-refractivity contribution in [2.75, 3.05) is 13.2 Å². The first-order valence-electron chi connectivity index (χ1n) is 4.46. The Balaban J connectivity index is 2.10. The molecule has 0 aliphatic heterocycles. The molecular formula is C9H13O5P. The van der Waals surface area contributed by atoms with E-state index in [0.717, 1.165) is 5.75 Å². The molecule has 0 heterocycles. The lowest BCUT2D eigenvalue weighted by Gasteiger charge is -2.06. The number of phosphoric acid groups is 1. The maximum Gasteiger partial charge on any atom is 0.469 e. The molecule has 0 unspecified atom stereocenters. The summed E-state index contributed by atoms with van der Waals surface area (Å²) >= 11 is 0. The van der Waals surface area contributed by atoms with Crippen LogP contribution in [-0.4, -0.2) is 23.0 Å². The van der Waals surface area contributed by atoms with E-state index in [1.54, 1.807) is 0 Å². The predicted molar refractivity (Wildman–Crippen MR) is 54.6 cm³/mol. The number of hydrogen-bond donors (Lipinski definition) is 2. The fourth-order valence-corrected chi connectivity index (χ4v) is 1.32. The molecule has 0 radical (unpaired) electrons. The van der Waals surface area contributed by atoms with Gasteiger partial charge in [-0.3, -0.25) is 4.52 Å². The molecule has 0 saturated heterocycles. The third kappa shape index (κ3) is 6.25. The van der Waals surface area contributed by atoms with Crippen molar-refractivity contribution in [2.45, 2.75) is 6.42 Å². The SMILES string of the molecule is O=P(O)(O)OCCCOc1ccccc1. The van der Waals surface area contributed by atoms with Crippen molar-refractivity contribution in [3.05, 3.63) is 30.3 Å². The van der Waals surface area contributed by atoms with Crippen LogP contribution in [0.5, 0.6) is 5.75 Å². The average molecular weight is 232 g/mol. The van der Waals surface area contributed by atoms with Crippen LogP contribution in [-0.2, 0) is 9.09 Å². The van der Waals surface area contributed by atoms with Crippen LogP contribution in [0.3, 0.4) is 0 Å². The summed E-state index contributed by atoms with van der Waals surface area (Å²) in [6.07, 6.45) is 0.431. The van der Waals surface area contributed by atoms with E-state index in [0.29, 0.717) is 13.0 Å². The van der Waals surface area contributed by atoms with Crippen molar-refractivity contribution in [3.8, 4) is 5.75 Å². The van der Waals surface area contributed by atoms with Gasteiger partial charge in [0.05, 0.1) is 13.2 Å². The summed E-state index contributed by atoms with van der Waals surface area (Å²) < 4.78 is 19.8. The van der Waals surface area contributed by atoms with Gasteiger partial charge in [-0.15, -0.1) is 0 Å². The van der Waals surface area contributed by atoms with Crippen LogP contribution < -0.4 is 4.74 Å². The van der Waals surface area contributed by atoms with Crippen LogP contribution in [0.15, 0.2) is 30.3 Å². The van der Waals surface area contributed by atoms with Crippen LogP contribution in [0.25, 0.3) is 0 Å². The van der Waals surface area contributed by atoms with E-state index in [9.17, 15) is 4.57 Å². The summed E-state index contributed by atoms with van der Waals surface area (Å²) in [5, 5.41) is 0. The largest absolute Gasteiger partial charge is 0.494 e. The Morgan fingerprint density at radius 2 is 1.80 bits per heavy atom. The lowest BCUT2D eigenvalue weighted by atomic mass is 10.3. The molecule has 0 aliphatic carbocycles. The topological polar surface area (TPSA) is 76.0 Å². The molecule has 0 atom stereocenters. The van der Waals surface area contributed by atoms with Crippen LogP contribution in [0.2, 0.25) is 0 Å². The van der Waals surface area contributed by atoms with Crippen molar-refractivity contribution in [1.82, 2.24) is 0 Å². The van der Waals surface area contributed by atoms with E-state index < -0.39 is 7.82 Å². The highest BCUT2D eigenvalue weighted by molar-refractivity contribution is 7.46. The molecule has 6 heteroatoms. The second-order valence-electron chi connectivity index (χ2n) is 2.84. The number of para-hydroxylation sites is 1. The zero-order chi connectivity index (χ0) is 11.1. The normalized spacial score (nSPS) is 11.3. The number of ether oxygens (including phenoxy) is 1. The molecule has 0 fully saturated rings. The summed E-state index contributed by atoms with van der Waals surface area (Å²) in [6, 6.07) is 9.19. The first-order chi connectivity index (χ1) is 7.08. The maximum atomic E-state index is 10.3. The second kappa shape index (κ2) is 5.88. The zero-order valence-corrected chi connectivity index (χ0v) is 8.97. The van der Waals surface area contributed by atoms with Crippen molar-refractivity contribution in [2.24, 2.45) is 0 Å². The third-order valence-corrected chi connectivity index (χ3v) is 2.08. The zero-order valence-electron chi connectivity index (χ0n) is 8.07. The van der Waals surface area contributed by atoms with Gasteiger partial charge in [-0.2, -0.15) is 0 Å². The van der Waals surface area contributed by atoms with E-state index in [1.807, 2.05) is 30.3 Å². The summed E-state index contributed by atoms with van der Waals surface area (Å²) in [7, 11) is -4.33. The minimum atomic E-state index is -4.33. The van der Waals surface area contributed by atoms with Gasteiger partial charge in [-0.25, -0.2) is 4.57 Å². The van der Waals surface area contributed by atoms with Crippen molar-refractivity contribution in [1.29, 1.82) is 0 Å². The van der Waals surface area contributed by atoms with Crippen molar-refractivity contribution in [3.63, 3.8) is 0 Å². The fourth-order valence-electron chi connectivity index (χ4n) is 0.949. The summed E-state index contributed by atoms with van der Waals surface area (Å²) in [5.41, 5.74) is 0. The smallest absolute Gasteiger partial charge is 0.469 e. The third-order valence-electron chi connectivity index (χ3n) is 1.56. The summed E-state index contributed by atoms with van der Waals surface area (Å²) in [4.78, 5) is 16.8. The number of hydrogen-bond acceptors (Lipinski definition) is 3. The van der Waals surface area contributed by atoms with Crippen molar-refractivity contribution < 1.29 is 23.6 Å². The Bertz CT molecular complexity index is 321. The van der Waals surface area contributed by atoms with Gasteiger partial charge in [0.1, 0.15) is 5.75 Å². The summed E-state index contributed by atoms with van der Waals surface area (Å²) in [6.45, 7) is 0.348. The minimum absolute atomic E-state index is 0.0168. The summed E-state index contributed by atoms with van der Waals surface area (Å²) in [5.74, 6) is 0.730. The molecule has 0 saturated carbocycles. The molecule has 0 aliphatic rings. The van der Waals surface area contributed by atoms with Gasteiger partial charge in [-0.05, 0) is 12.1 Å². The molecule has 1 rings (SSSR count). The highest BCUT2D eigenvalue weighted by Gasteiger charge is 2.12.